The third-order valence-electron chi connectivity index (χ3n) is 1.47. The van der Waals surface area contributed by atoms with Gasteiger partial charge >= 0.3 is 124 Å². The van der Waals surface area contributed by atoms with E-state index in [0.29, 0.717) is 0 Å². The number of carbonyl (C=O) groups is 4. The van der Waals surface area contributed by atoms with Crippen LogP contribution in [0, 0.1) is 0 Å². The van der Waals surface area contributed by atoms with Crippen molar-refractivity contribution < 1.29 is 50.4 Å². The molecule has 0 saturated heterocycles. The summed E-state index contributed by atoms with van der Waals surface area (Å²) >= 11 is -6.20. The zero-order valence-corrected chi connectivity index (χ0v) is 14.3. The molecule has 120 valence electrons. The van der Waals surface area contributed by atoms with E-state index in [9.17, 15) is 19.2 Å². The normalized spacial score (nSPS) is 10.5. The zero-order chi connectivity index (χ0) is 16.5. The van der Waals surface area contributed by atoms with E-state index in [4.69, 9.17) is 20.4 Å². The molecule has 0 heterocycles. The third-order valence-corrected chi connectivity index (χ3v) is 8.90. The van der Waals surface area contributed by atoms with Gasteiger partial charge in [0.1, 0.15) is 0 Å². The van der Waals surface area contributed by atoms with E-state index in [2.05, 4.69) is 10.7 Å². The number of rotatable bonds is 8. The van der Waals surface area contributed by atoms with Gasteiger partial charge in [0.2, 0.25) is 0 Å². The van der Waals surface area contributed by atoms with Crippen LogP contribution in [0.4, 0.5) is 0 Å². The number of hydrogen-bond acceptors (Lipinski definition) is 12. The second-order valence-corrected chi connectivity index (χ2v) is 10.1. The summed E-state index contributed by atoms with van der Waals surface area (Å²) in [5.41, 5.74) is 0. The molecule has 0 unspecified atom stereocenters. The standard InChI is InChI=1S/4C2H4O3.Pb/c4*3-1-2(4)5;/h4*3H,1H2,(H,4,5);/q;;;;+4/p-4. The van der Waals surface area contributed by atoms with Crippen molar-refractivity contribution in [1.29, 1.82) is 0 Å². The Bertz CT molecular complexity index is 329. The molecule has 0 aromatic heterocycles. The molecular weight excluding hydrogens is 495 g/mol. The van der Waals surface area contributed by atoms with Crippen LogP contribution in [0.15, 0.2) is 0 Å². The van der Waals surface area contributed by atoms with Crippen molar-refractivity contribution in [3.05, 3.63) is 0 Å². The molecule has 4 N–H and O–H groups in total. The average Bonchev–Trinajstić information content (AvgIpc) is 2.46. The van der Waals surface area contributed by atoms with Gasteiger partial charge in [-0.2, -0.15) is 0 Å². The monoisotopic (exact) mass is 508 g/mol. The maximum atomic E-state index is 11.1. The molecule has 0 aliphatic carbocycles. The van der Waals surface area contributed by atoms with E-state index in [1.165, 1.54) is 0 Å². The minimum atomic E-state index is -6.20. The number of aliphatic hydroxyl groups excluding tert-OH is 4. The van der Waals surface area contributed by atoms with Crippen molar-refractivity contribution in [3.8, 4) is 0 Å². The van der Waals surface area contributed by atoms with E-state index >= 15 is 0 Å². The summed E-state index contributed by atoms with van der Waals surface area (Å²) < 4.78 is 17.5. The van der Waals surface area contributed by atoms with Crippen LogP contribution < -0.4 is 0 Å². The summed E-state index contributed by atoms with van der Waals surface area (Å²) in [6, 6.07) is 0. The number of hydrogen-bond donors (Lipinski definition) is 4. The van der Waals surface area contributed by atoms with Crippen molar-refractivity contribution >= 4 is 46.9 Å². The molecule has 0 radical (unpaired) electrons. The molecule has 0 rings (SSSR count). The molecular formula is C8H12O12Pb. The molecule has 13 heteroatoms. The van der Waals surface area contributed by atoms with Crippen molar-refractivity contribution in [1.82, 2.24) is 0 Å². The molecule has 12 nitrogen and oxygen atoms in total. The summed E-state index contributed by atoms with van der Waals surface area (Å²) in [5, 5.41) is 34.3. The van der Waals surface area contributed by atoms with Gasteiger partial charge in [0.15, 0.2) is 0 Å². The Morgan fingerprint density at radius 3 is 0.905 bits per heavy atom. The summed E-state index contributed by atoms with van der Waals surface area (Å²) in [7, 11) is 0. The van der Waals surface area contributed by atoms with Crippen LogP contribution in [-0.2, 0) is 29.9 Å². The Kier molecular flexibility index (Phi) is 8.94. The fourth-order valence-corrected chi connectivity index (χ4v) is 7.12. The van der Waals surface area contributed by atoms with Crippen LogP contribution in [0.5, 0.6) is 0 Å². The van der Waals surface area contributed by atoms with Gasteiger partial charge in [0, 0.05) is 0 Å². The predicted molar refractivity (Wildman–Crippen MR) is 58.5 cm³/mol. The predicted octanol–water partition coefficient (Wildman–Crippen LogP) is -4.44. The average molecular weight is 507 g/mol. The van der Waals surface area contributed by atoms with Crippen LogP contribution in [0.1, 0.15) is 0 Å². The Morgan fingerprint density at radius 1 is 0.571 bits per heavy atom. The summed E-state index contributed by atoms with van der Waals surface area (Å²) in [5.74, 6) is -5.84. The first-order chi connectivity index (χ1) is 9.82. The van der Waals surface area contributed by atoms with Gasteiger partial charge in [-0.1, -0.05) is 0 Å². The fraction of sp³-hybridized carbons (Fsp3) is 0.500. The molecule has 0 aromatic rings. The minimum absolute atomic E-state index is 1.23. The van der Waals surface area contributed by atoms with Crippen molar-refractivity contribution in [2.75, 3.05) is 26.4 Å². The van der Waals surface area contributed by atoms with Crippen LogP contribution in [-0.4, -0.2) is 93.7 Å². The quantitative estimate of drug-likeness (QED) is 0.231. The van der Waals surface area contributed by atoms with E-state index in [1.54, 1.807) is 0 Å². The van der Waals surface area contributed by atoms with Crippen LogP contribution >= 0.6 is 0 Å². The van der Waals surface area contributed by atoms with Crippen molar-refractivity contribution in [3.63, 3.8) is 0 Å². The zero-order valence-electron chi connectivity index (χ0n) is 10.4. The molecule has 0 aliphatic heterocycles. The summed E-state index contributed by atoms with van der Waals surface area (Å²) in [4.78, 5) is 44.2. The SMILES string of the molecule is O=C(CO)[O][Pb]([O]C(=O)CO)([O]C(=O)CO)[O]C(=O)CO. The molecule has 0 aromatic carbocycles. The summed E-state index contributed by atoms with van der Waals surface area (Å²) in [6.45, 7) is -4.92. The van der Waals surface area contributed by atoms with Crippen molar-refractivity contribution in [2.24, 2.45) is 0 Å². The van der Waals surface area contributed by atoms with E-state index < -0.39 is 73.3 Å². The van der Waals surface area contributed by atoms with Gasteiger partial charge in [-0.25, -0.2) is 0 Å². The molecule has 21 heavy (non-hydrogen) atoms. The summed E-state index contributed by atoms with van der Waals surface area (Å²) in [6.07, 6.45) is 0. The molecule has 0 saturated carbocycles. The Hall–Kier alpha value is -1.36. The Labute approximate surface area is 124 Å². The number of aliphatic hydroxyl groups is 4. The van der Waals surface area contributed by atoms with Gasteiger partial charge in [-0.3, -0.25) is 0 Å². The first-order valence-electron chi connectivity index (χ1n) is 5.13. The second kappa shape index (κ2) is 9.56. The first-order valence-corrected chi connectivity index (χ1v) is 11.5. The third kappa shape index (κ3) is 7.27. The second-order valence-electron chi connectivity index (χ2n) is 3.03. The van der Waals surface area contributed by atoms with Crippen molar-refractivity contribution in [2.45, 2.75) is 0 Å². The van der Waals surface area contributed by atoms with Crippen LogP contribution in [0.25, 0.3) is 0 Å². The molecule has 0 atom stereocenters. The maximum absolute atomic E-state index is 11.1. The number of carbonyl (C=O) groups excluding carboxylic acids is 4. The van der Waals surface area contributed by atoms with E-state index in [1.807, 2.05) is 0 Å². The van der Waals surface area contributed by atoms with E-state index in [-0.39, 0.29) is 0 Å². The Balaban J connectivity index is 5.43. The molecule has 0 amide bonds. The molecule has 0 aliphatic rings. The topological polar surface area (TPSA) is 186 Å². The van der Waals surface area contributed by atoms with E-state index in [0.717, 1.165) is 0 Å². The Morgan fingerprint density at radius 2 is 0.762 bits per heavy atom. The van der Waals surface area contributed by atoms with Gasteiger partial charge in [0.05, 0.1) is 0 Å². The molecule has 0 bridgehead atoms. The van der Waals surface area contributed by atoms with Gasteiger partial charge in [-0.15, -0.1) is 0 Å². The van der Waals surface area contributed by atoms with Crippen LogP contribution in [0.2, 0.25) is 0 Å². The van der Waals surface area contributed by atoms with Gasteiger partial charge in [0.25, 0.3) is 0 Å². The van der Waals surface area contributed by atoms with Gasteiger partial charge < -0.3 is 0 Å². The van der Waals surface area contributed by atoms with Gasteiger partial charge in [-0.05, 0) is 0 Å². The molecule has 0 fully saturated rings. The molecule has 0 spiro atoms. The fourth-order valence-electron chi connectivity index (χ4n) is 0.812. The van der Waals surface area contributed by atoms with Crippen LogP contribution in [0.3, 0.4) is 0 Å². The first kappa shape index (κ1) is 19.6.